The van der Waals surface area contributed by atoms with Crippen molar-refractivity contribution in [3.8, 4) is 0 Å². The number of rotatable bonds is 7. The lowest BCUT2D eigenvalue weighted by atomic mass is 9.74. The number of aromatic nitrogens is 2. The molecule has 2 N–H and O–H groups in total. The highest BCUT2D eigenvalue weighted by molar-refractivity contribution is 5.82. The van der Waals surface area contributed by atoms with Crippen molar-refractivity contribution in [2.45, 2.75) is 43.4 Å². The number of piperidine rings is 1. The predicted molar refractivity (Wildman–Crippen MR) is 113 cm³/mol. The van der Waals surface area contributed by atoms with E-state index in [9.17, 15) is 4.39 Å². The number of hydrogen-bond donors (Lipinski definition) is 2. The Hall–Kier alpha value is -2.24. The maximum atomic E-state index is 13.4. The number of nitrogens with zero attached hydrogens (tertiary/aromatic N) is 1. The van der Waals surface area contributed by atoms with Gasteiger partial charge in [0.15, 0.2) is 0 Å². The zero-order valence-electron chi connectivity index (χ0n) is 16.7. The summed E-state index contributed by atoms with van der Waals surface area (Å²) >= 11 is 0. The van der Waals surface area contributed by atoms with Gasteiger partial charge >= 0.3 is 0 Å². The van der Waals surface area contributed by atoms with Crippen LogP contribution in [0.2, 0.25) is 0 Å². The first-order valence-electron chi connectivity index (χ1n) is 10.7. The molecule has 29 heavy (non-hydrogen) atoms. The number of ether oxygens (including phenoxy) is 1. The van der Waals surface area contributed by atoms with E-state index in [1.807, 2.05) is 18.3 Å². The molecule has 0 radical (unpaired) electrons. The zero-order valence-corrected chi connectivity index (χ0v) is 16.7. The molecule has 1 saturated carbocycles. The van der Waals surface area contributed by atoms with E-state index in [1.165, 1.54) is 34.9 Å². The fourth-order valence-electron chi connectivity index (χ4n) is 4.68. The van der Waals surface area contributed by atoms with Crippen molar-refractivity contribution >= 4 is 10.9 Å². The molecule has 0 bridgehead atoms. The van der Waals surface area contributed by atoms with Gasteiger partial charge in [-0.3, -0.25) is 5.10 Å². The average molecular weight is 394 g/mol. The summed E-state index contributed by atoms with van der Waals surface area (Å²) in [5, 5.41) is 12.0. The van der Waals surface area contributed by atoms with Gasteiger partial charge in [-0.05, 0) is 86.0 Å². The third kappa shape index (κ3) is 3.94. The summed E-state index contributed by atoms with van der Waals surface area (Å²) in [7, 11) is 0. The van der Waals surface area contributed by atoms with Gasteiger partial charge in [-0.15, -0.1) is 0 Å². The Labute approximate surface area is 170 Å². The molecule has 5 heteroatoms. The fraction of sp³-hybridized carbons (Fsp3) is 0.458. The van der Waals surface area contributed by atoms with E-state index in [0.29, 0.717) is 13.2 Å². The molecule has 5 rings (SSSR count). The first kappa shape index (κ1) is 18.8. The van der Waals surface area contributed by atoms with Gasteiger partial charge in [0.25, 0.3) is 0 Å². The topological polar surface area (TPSA) is 49.9 Å². The van der Waals surface area contributed by atoms with Crippen LogP contribution in [0.3, 0.4) is 0 Å². The number of H-pyrrole nitrogens is 1. The number of hydrogen-bond acceptors (Lipinski definition) is 3. The van der Waals surface area contributed by atoms with Crippen molar-refractivity contribution in [2.75, 3.05) is 26.3 Å². The van der Waals surface area contributed by atoms with Crippen molar-refractivity contribution < 1.29 is 9.13 Å². The summed E-state index contributed by atoms with van der Waals surface area (Å²) in [5.74, 6) is 0.545. The lowest BCUT2D eigenvalue weighted by Gasteiger charge is -2.38. The molecule has 2 heterocycles. The Morgan fingerprint density at radius 1 is 1.10 bits per heavy atom. The summed E-state index contributed by atoms with van der Waals surface area (Å²) in [6.45, 7) is 3.30. The summed E-state index contributed by atoms with van der Waals surface area (Å²) in [6.07, 6.45) is 7.42. The van der Waals surface area contributed by atoms with Crippen molar-refractivity contribution in [3.63, 3.8) is 0 Å². The van der Waals surface area contributed by atoms with Crippen LogP contribution in [0.1, 0.15) is 48.3 Å². The highest BCUT2D eigenvalue weighted by Gasteiger charge is 2.34. The molecule has 4 nitrogen and oxygen atoms in total. The number of fused-ring (bicyclic) bond motifs is 1. The molecule has 0 spiro atoms. The molecular weight excluding hydrogens is 365 g/mol. The van der Waals surface area contributed by atoms with Crippen LogP contribution in [-0.4, -0.2) is 36.5 Å². The highest BCUT2D eigenvalue weighted by atomic mass is 19.1. The van der Waals surface area contributed by atoms with Gasteiger partial charge in [0.05, 0.1) is 24.9 Å². The normalized spacial score (nSPS) is 18.9. The molecule has 0 unspecified atom stereocenters. The van der Waals surface area contributed by atoms with E-state index < -0.39 is 0 Å². The van der Waals surface area contributed by atoms with Crippen molar-refractivity contribution in [3.05, 3.63) is 65.1 Å². The van der Waals surface area contributed by atoms with E-state index in [4.69, 9.17) is 4.74 Å². The van der Waals surface area contributed by atoms with Crippen LogP contribution < -0.4 is 5.32 Å². The van der Waals surface area contributed by atoms with Crippen molar-refractivity contribution in [1.29, 1.82) is 0 Å². The lowest BCUT2D eigenvalue weighted by molar-refractivity contribution is 0.0691. The van der Waals surface area contributed by atoms with Gasteiger partial charge in [-0.25, -0.2) is 4.39 Å². The summed E-state index contributed by atoms with van der Waals surface area (Å²) in [6, 6.07) is 11.6. The van der Waals surface area contributed by atoms with Crippen LogP contribution in [0, 0.1) is 5.82 Å². The second kappa shape index (κ2) is 7.88. The van der Waals surface area contributed by atoms with Crippen LogP contribution in [0.15, 0.2) is 42.6 Å². The first-order valence-corrected chi connectivity index (χ1v) is 10.7. The molecule has 1 aromatic heterocycles. The summed E-state index contributed by atoms with van der Waals surface area (Å²) in [5.41, 5.74) is 5.02. The number of halogens is 1. The van der Waals surface area contributed by atoms with Gasteiger partial charge in [0.2, 0.25) is 0 Å². The SMILES string of the molecule is Fc1ccc(C2(COCCc3cc(C4CC4)cc4cn[nH]c34)CCNCC2)cc1. The third-order valence-corrected chi connectivity index (χ3v) is 6.61. The maximum absolute atomic E-state index is 13.4. The Morgan fingerprint density at radius 2 is 1.90 bits per heavy atom. The Balaban J connectivity index is 1.28. The van der Waals surface area contributed by atoms with Crippen LogP contribution >= 0.6 is 0 Å². The summed E-state index contributed by atoms with van der Waals surface area (Å²) in [4.78, 5) is 0. The third-order valence-electron chi connectivity index (χ3n) is 6.61. The minimum atomic E-state index is -0.183. The van der Waals surface area contributed by atoms with Crippen LogP contribution in [0.25, 0.3) is 10.9 Å². The lowest BCUT2D eigenvalue weighted by Crippen LogP contribution is -2.43. The minimum Gasteiger partial charge on any atom is -0.380 e. The molecule has 0 atom stereocenters. The minimum absolute atomic E-state index is 0.0296. The average Bonchev–Trinajstić information content (AvgIpc) is 3.49. The molecule has 152 valence electrons. The quantitative estimate of drug-likeness (QED) is 0.583. The van der Waals surface area contributed by atoms with E-state index in [2.05, 4.69) is 27.6 Å². The Bertz CT molecular complexity index is 971. The molecule has 1 saturated heterocycles. The molecule has 2 aromatic carbocycles. The zero-order chi connectivity index (χ0) is 19.7. The monoisotopic (exact) mass is 393 g/mol. The van der Waals surface area contributed by atoms with Crippen LogP contribution in [-0.2, 0) is 16.6 Å². The Morgan fingerprint density at radius 3 is 2.66 bits per heavy atom. The van der Waals surface area contributed by atoms with Gasteiger partial charge in [0, 0.05) is 10.8 Å². The number of benzene rings is 2. The van der Waals surface area contributed by atoms with E-state index in [1.54, 1.807) is 12.1 Å². The largest absolute Gasteiger partial charge is 0.380 e. The van der Waals surface area contributed by atoms with E-state index in [0.717, 1.165) is 43.8 Å². The maximum Gasteiger partial charge on any atom is 0.123 e. The van der Waals surface area contributed by atoms with Crippen molar-refractivity contribution in [2.24, 2.45) is 0 Å². The van der Waals surface area contributed by atoms with Crippen LogP contribution in [0.4, 0.5) is 4.39 Å². The number of nitrogens with one attached hydrogen (secondary N) is 2. The van der Waals surface area contributed by atoms with Gasteiger partial charge < -0.3 is 10.1 Å². The Kier molecular flexibility index (Phi) is 5.10. The summed E-state index contributed by atoms with van der Waals surface area (Å²) < 4.78 is 19.7. The molecule has 3 aromatic rings. The highest BCUT2D eigenvalue weighted by Crippen LogP contribution is 2.41. The first-order chi connectivity index (χ1) is 14.2. The molecule has 2 fully saturated rings. The number of aromatic amines is 1. The second-order valence-corrected chi connectivity index (χ2v) is 8.63. The standard InChI is InChI=1S/C24H28FN3O/c25-22-5-3-21(4-6-22)24(8-10-26-11-9-24)16-29-12-7-18-13-19(17-1-2-17)14-20-15-27-28-23(18)20/h3-6,13-15,17,26H,1-2,7-12,16H2,(H,27,28). The smallest absolute Gasteiger partial charge is 0.123 e. The van der Waals surface area contributed by atoms with E-state index in [-0.39, 0.29) is 11.2 Å². The van der Waals surface area contributed by atoms with Crippen LogP contribution in [0.5, 0.6) is 0 Å². The molecule has 1 aliphatic heterocycles. The second-order valence-electron chi connectivity index (χ2n) is 8.63. The van der Waals surface area contributed by atoms with E-state index >= 15 is 0 Å². The van der Waals surface area contributed by atoms with Gasteiger partial charge in [-0.1, -0.05) is 18.2 Å². The molecule has 1 aliphatic carbocycles. The predicted octanol–water partition coefficient (Wildman–Crippen LogP) is 4.46. The molecular formula is C24H28FN3O. The molecule has 0 amide bonds. The fourth-order valence-corrected chi connectivity index (χ4v) is 4.68. The van der Waals surface area contributed by atoms with Gasteiger partial charge in [-0.2, -0.15) is 5.10 Å². The van der Waals surface area contributed by atoms with Gasteiger partial charge in [0.1, 0.15) is 5.82 Å². The van der Waals surface area contributed by atoms with Crippen molar-refractivity contribution in [1.82, 2.24) is 15.5 Å². The molecule has 2 aliphatic rings.